The van der Waals surface area contributed by atoms with E-state index in [0.717, 1.165) is 27.0 Å². The third-order valence-corrected chi connectivity index (χ3v) is 3.32. The number of nitrogens with zero attached hydrogens (tertiary/aromatic N) is 1. The maximum Gasteiger partial charge on any atom is 0.0991 e. The van der Waals surface area contributed by atoms with Crippen LogP contribution in [0.5, 0.6) is 0 Å². The van der Waals surface area contributed by atoms with Gasteiger partial charge in [-0.15, -0.1) is 0 Å². The van der Waals surface area contributed by atoms with Gasteiger partial charge in [-0.25, -0.2) is 0 Å². The van der Waals surface area contributed by atoms with Crippen LogP contribution in [0, 0.1) is 11.3 Å². The van der Waals surface area contributed by atoms with Crippen LogP contribution in [0.4, 0.5) is 0 Å². The number of halogens is 2. The molecule has 0 bridgehead atoms. The molecule has 0 aliphatic carbocycles. The highest BCUT2D eigenvalue weighted by Gasteiger charge is 2.02. The summed E-state index contributed by atoms with van der Waals surface area (Å²) in [5.41, 5.74) is 3.93. The number of benzene rings is 2. The average molecular weight is 307 g/mol. The van der Waals surface area contributed by atoms with Crippen molar-refractivity contribution in [2.75, 3.05) is 0 Å². The highest BCUT2D eigenvalue weighted by Crippen LogP contribution is 2.26. The van der Waals surface area contributed by atoms with Gasteiger partial charge in [0.1, 0.15) is 0 Å². The molecular formula is C14H9BrClN. The first-order valence-electron chi connectivity index (χ1n) is 5.09. The molecule has 1 nitrogen and oxygen atoms in total. The summed E-state index contributed by atoms with van der Waals surface area (Å²) in [6, 6.07) is 15.5. The van der Waals surface area contributed by atoms with Crippen molar-refractivity contribution in [3.05, 3.63) is 58.6 Å². The molecular weight excluding hydrogens is 298 g/mol. The third kappa shape index (κ3) is 2.88. The second kappa shape index (κ2) is 5.35. The zero-order valence-electron chi connectivity index (χ0n) is 8.95. The van der Waals surface area contributed by atoms with E-state index in [9.17, 15) is 0 Å². The van der Waals surface area contributed by atoms with Crippen molar-refractivity contribution in [3.8, 4) is 17.2 Å². The number of hydrogen-bond donors (Lipinski definition) is 0. The van der Waals surface area contributed by atoms with Crippen LogP contribution in [-0.4, -0.2) is 0 Å². The van der Waals surface area contributed by atoms with Crippen LogP contribution in [0.15, 0.2) is 42.5 Å². The lowest BCUT2D eigenvalue weighted by Crippen LogP contribution is -1.83. The van der Waals surface area contributed by atoms with Crippen LogP contribution in [0.25, 0.3) is 11.1 Å². The van der Waals surface area contributed by atoms with Gasteiger partial charge in [0.25, 0.3) is 0 Å². The average Bonchev–Trinajstić information content (AvgIpc) is 2.38. The molecule has 84 valence electrons. The molecule has 0 aromatic heterocycles. The summed E-state index contributed by atoms with van der Waals surface area (Å²) in [7, 11) is 0. The molecule has 0 saturated heterocycles. The minimum absolute atomic E-state index is 0.663. The maximum atomic E-state index is 8.75. The van der Waals surface area contributed by atoms with Gasteiger partial charge < -0.3 is 0 Å². The van der Waals surface area contributed by atoms with Crippen molar-refractivity contribution in [1.82, 2.24) is 0 Å². The number of nitriles is 1. The van der Waals surface area contributed by atoms with E-state index in [0.29, 0.717) is 5.56 Å². The minimum atomic E-state index is 0.663. The SMILES string of the molecule is N#Cc1ccc(-c2cc(Cl)cc(CBr)c2)cc1. The second-order valence-electron chi connectivity index (χ2n) is 3.67. The van der Waals surface area contributed by atoms with E-state index in [4.69, 9.17) is 16.9 Å². The molecule has 0 aliphatic heterocycles. The molecule has 2 aromatic carbocycles. The molecule has 0 N–H and O–H groups in total. The van der Waals surface area contributed by atoms with Gasteiger partial charge in [0.15, 0.2) is 0 Å². The summed E-state index contributed by atoms with van der Waals surface area (Å²) in [6.45, 7) is 0. The summed E-state index contributed by atoms with van der Waals surface area (Å²) >= 11 is 9.48. The van der Waals surface area contributed by atoms with E-state index in [1.165, 1.54) is 0 Å². The Morgan fingerprint density at radius 2 is 1.76 bits per heavy atom. The van der Waals surface area contributed by atoms with E-state index in [2.05, 4.69) is 28.1 Å². The van der Waals surface area contributed by atoms with Crippen LogP contribution in [0.1, 0.15) is 11.1 Å². The molecule has 2 rings (SSSR count). The van der Waals surface area contributed by atoms with Gasteiger partial charge in [0.05, 0.1) is 11.6 Å². The van der Waals surface area contributed by atoms with Crippen LogP contribution in [-0.2, 0) is 5.33 Å². The second-order valence-corrected chi connectivity index (χ2v) is 4.67. The quantitative estimate of drug-likeness (QED) is 0.733. The highest BCUT2D eigenvalue weighted by molar-refractivity contribution is 9.08. The van der Waals surface area contributed by atoms with Gasteiger partial charge in [0.2, 0.25) is 0 Å². The monoisotopic (exact) mass is 305 g/mol. The molecule has 0 fully saturated rings. The van der Waals surface area contributed by atoms with Gasteiger partial charge in [-0.1, -0.05) is 45.7 Å². The third-order valence-electron chi connectivity index (χ3n) is 2.46. The smallest absolute Gasteiger partial charge is 0.0991 e. The highest BCUT2D eigenvalue weighted by atomic mass is 79.9. The van der Waals surface area contributed by atoms with Crippen LogP contribution >= 0.6 is 27.5 Å². The Labute approximate surface area is 114 Å². The van der Waals surface area contributed by atoms with E-state index < -0.39 is 0 Å². The summed E-state index contributed by atoms with van der Waals surface area (Å²) in [4.78, 5) is 0. The van der Waals surface area contributed by atoms with Crippen molar-refractivity contribution >= 4 is 27.5 Å². The molecule has 0 radical (unpaired) electrons. The van der Waals surface area contributed by atoms with E-state index in [1.54, 1.807) is 0 Å². The largest absolute Gasteiger partial charge is 0.192 e. The Kier molecular flexibility index (Phi) is 3.83. The molecule has 2 aromatic rings. The fraction of sp³-hybridized carbons (Fsp3) is 0.0714. The zero-order valence-corrected chi connectivity index (χ0v) is 11.3. The summed E-state index contributed by atoms with van der Waals surface area (Å²) in [6.07, 6.45) is 0. The lowest BCUT2D eigenvalue weighted by Gasteiger charge is -2.05. The van der Waals surface area contributed by atoms with E-state index >= 15 is 0 Å². The fourth-order valence-corrected chi connectivity index (χ4v) is 2.21. The van der Waals surface area contributed by atoms with Gasteiger partial charge in [-0.3, -0.25) is 0 Å². The Morgan fingerprint density at radius 3 is 2.35 bits per heavy atom. The van der Waals surface area contributed by atoms with Crippen LogP contribution in [0.3, 0.4) is 0 Å². The summed E-state index contributed by atoms with van der Waals surface area (Å²) in [5.74, 6) is 0. The molecule has 0 unspecified atom stereocenters. The van der Waals surface area contributed by atoms with E-state index in [1.807, 2.05) is 36.4 Å². The van der Waals surface area contributed by atoms with Gasteiger partial charge in [0, 0.05) is 10.4 Å². The van der Waals surface area contributed by atoms with Gasteiger partial charge in [-0.05, 0) is 41.0 Å². The standard InChI is InChI=1S/C14H9BrClN/c15-8-11-5-13(7-14(16)6-11)12-3-1-10(9-17)2-4-12/h1-7H,8H2. The Hall–Kier alpha value is -1.30. The lowest BCUT2D eigenvalue weighted by molar-refractivity contribution is 1.43. The predicted molar refractivity (Wildman–Crippen MR) is 74.2 cm³/mol. The van der Waals surface area contributed by atoms with Gasteiger partial charge >= 0.3 is 0 Å². The fourth-order valence-electron chi connectivity index (χ4n) is 1.63. The molecule has 3 heteroatoms. The molecule has 0 spiro atoms. The molecule has 0 saturated carbocycles. The molecule has 0 atom stereocenters. The zero-order chi connectivity index (χ0) is 12.3. The van der Waals surface area contributed by atoms with Crippen molar-refractivity contribution in [2.45, 2.75) is 5.33 Å². The molecule has 0 amide bonds. The topological polar surface area (TPSA) is 23.8 Å². The Morgan fingerprint density at radius 1 is 1.06 bits per heavy atom. The first-order valence-corrected chi connectivity index (χ1v) is 6.59. The predicted octanol–water partition coefficient (Wildman–Crippen LogP) is 4.77. The lowest BCUT2D eigenvalue weighted by atomic mass is 10.0. The minimum Gasteiger partial charge on any atom is -0.192 e. The van der Waals surface area contributed by atoms with Crippen molar-refractivity contribution in [1.29, 1.82) is 5.26 Å². The number of alkyl halides is 1. The number of rotatable bonds is 2. The first-order chi connectivity index (χ1) is 8.22. The van der Waals surface area contributed by atoms with Crippen LogP contribution in [0.2, 0.25) is 5.02 Å². The maximum absolute atomic E-state index is 8.75. The Balaban J connectivity index is 2.45. The van der Waals surface area contributed by atoms with Crippen molar-refractivity contribution in [3.63, 3.8) is 0 Å². The Bertz CT molecular complexity index is 570. The summed E-state index contributed by atoms with van der Waals surface area (Å²) < 4.78 is 0. The number of hydrogen-bond acceptors (Lipinski definition) is 1. The molecule has 0 heterocycles. The summed E-state index contributed by atoms with van der Waals surface area (Å²) in [5, 5.41) is 10.2. The van der Waals surface area contributed by atoms with Crippen LogP contribution < -0.4 is 0 Å². The van der Waals surface area contributed by atoms with Crippen molar-refractivity contribution in [2.24, 2.45) is 0 Å². The normalized spacial score (nSPS) is 9.94. The first kappa shape index (κ1) is 12.2. The molecule has 17 heavy (non-hydrogen) atoms. The van der Waals surface area contributed by atoms with Crippen molar-refractivity contribution < 1.29 is 0 Å². The molecule has 0 aliphatic rings. The van der Waals surface area contributed by atoms with Gasteiger partial charge in [-0.2, -0.15) is 5.26 Å². The van der Waals surface area contributed by atoms with E-state index in [-0.39, 0.29) is 0 Å².